The van der Waals surface area contributed by atoms with E-state index in [0.717, 1.165) is 0 Å². The molecule has 0 radical (unpaired) electrons. The van der Waals surface area contributed by atoms with Crippen molar-refractivity contribution in [2.75, 3.05) is 26.2 Å². The number of benzene rings is 1. The average molecular weight is 320 g/mol. The van der Waals surface area contributed by atoms with Crippen LogP contribution in [0.4, 0.5) is 0 Å². The summed E-state index contributed by atoms with van der Waals surface area (Å²) < 4.78 is 5.28. The molecule has 1 aromatic rings. The minimum Gasteiger partial charge on any atom is -0.484 e. The van der Waals surface area contributed by atoms with Crippen molar-refractivity contribution in [1.82, 2.24) is 10.2 Å². The van der Waals surface area contributed by atoms with Crippen LogP contribution in [0.5, 0.6) is 5.75 Å². The Morgan fingerprint density at radius 2 is 2.00 bits per heavy atom. The number of hydrogen-bond acceptors (Lipinski definition) is 4. The normalized spacial score (nSPS) is 17.4. The van der Waals surface area contributed by atoms with E-state index in [1.807, 2.05) is 6.07 Å². The Labute approximate surface area is 134 Å². The summed E-state index contributed by atoms with van der Waals surface area (Å²) in [5, 5.41) is 11.5. The van der Waals surface area contributed by atoms with Crippen LogP contribution < -0.4 is 10.1 Å². The summed E-state index contributed by atoms with van der Waals surface area (Å²) >= 11 is 0. The molecule has 7 heteroatoms. The summed E-state index contributed by atoms with van der Waals surface area (Å²) in [4.78, 5) is 36.2. The highest BCUT2D eigenvalue weighted by molar-refractivity contribution is 5.85. The monoisotopic (exact) mass is 320 g/mol. The smallest absolute Gasteiger partial charge is 0.308 e. The van der Waals surface area contributed by atoms with Gasteiger partial charge in [-0.05, 0) is 25.0 Å². The number of ether oxygens (including phenoxy) is 1. The summed E-state index contributed by atoms with van der Waals surface area (Å²) in [5.74, 6) is -1.50. The van der Waals surface area contributed by atoms with Gasteiger partial charge < -0.3 is 20.1 Å². The number of amides is 2. The SMILES string of the molecule is O=C(COc1ccccc1)NCC(=O)N1CCCC(C(=O)O)C1. The minimum atomic E-state index is -0.886. The largest absolute Gasteiger partial charge is 0.484 e. The number of likely N-dealkylation sites (tertiary alicyclic amines) is 1. The Morgan fingerprint density at radius 1 is 1.26 bits per heavy atom. The molecule has 1 saturated heterocycles. The van der Waals surface area contributed by atoms with E-state index in [4.69, 9.17) is 9.84 Å². The van der Waals surface area contributed by atoms with Crippen LogP contribution in [-0.2, 0) is 14.4 Å². The van der Waals surface area contributed by atoms with Crippen molar-refractivity contribution in [3.05, 3.63) is 30.3 Å². The zero-order chi connectivity index (χ0) is 16.7. The van der Waals surface area contributed by atoms with E-state index >= 15 is 0 Å². The number of carbonyl (C=O) groups excluding carboxylic acids is 2. The van der Waals surface area contributed by atoms with Crippen molar-refractivity contribution >= 4 is 17.8 Å². The van der Waals surface area contributed by atoms with Crippen molar-refractivity contribution < 1.29 is 24.2 Å². The highest BCUT2D eigenvalue weighted by Crippen LogP contribution is 2.16. The van der Waals surface area contributed by atoms with Crippen molar-refractivity contribution in [1.29, 1.82) is 0 Å². The number of para-hydroxylation sites is 1. The van der Waals surface area contributed by atoms with Gasteiger partial charge in [0.25, 0.3) is 5.91 Å². The topological polar surface area (TPSA) is 95.9 Å². The van der Waals surface area contributed by atoms with E-state index in [1.54, 1.807) is 24.3 Å². The van der Waals surface area contributed by atoms with Crippen molar-refractivity contribution in [3.63, 3.8) is 0 Å². The van der Waals surface area contributed by atoms with Crippen LogP contribution in [0.3, 0.4) is 0 Å². The van der Waals surface area contributed by atoms with Gasteiger partial charge in [-0.25, -0.2) is 0 Å². The number of rotatable bonds is 6. The predicted molar refractivity (Wildman–Crippen MR) is 81.9 cm³/mol. The molecule has 124 valence electrons. The number of carbonyl (C=O) groups is 3. The number of carboxylic acid groups (broad SMARTS) is 1. The first-order valence-corrected chi connectivity index (χ1v) is 7.51. The fourth-order valence-corrected chi connectivity index (χ4v) is 2.41. The highest BCUT2D eigenvalue weighted by Gasteiger charge is 2.28. The number of hydrogen-bond donors (Lipinski definition) is 2. The Bertz CT molecular complexity index is 561. The third kappa shape index (κ3) is 5.28. The van der Waals surface area contributed by atoms with Gasteiger partial charge in [0.2, 0.25) is 5.91 Å². The summed E-state index contributed by atoms with van der Waals surface area (Å²) in [5.41, 5.74) is 0. The second kappa shape index (κ2) is 8.17. The third-order valence-electron chi connectivity index (χ3n) is 3.67. The van der Waals surface area contributed by atoms with Crippen LogP contribution in [0.1, 0.15) is 12.8 Å². The fourth-order valence-electron chi connectivity index (χ4n) is 2.41. The lowest BCUT2D eigenvalue weighted by atomic mass is 9.98. The molecule has 1 unspecified atom stereocenters. The molecule has 2 amide bonds. The molecule has 1 heterocycles. The Hall–Kier alpha value is -2.57. The standard InChI is InChI=1S/C16H20N2O5/c19-14(11-23-13-6-2-1-3-7-13)17-9-15(20)18-8-4-5-12(10-18)16(21)22/h1-3,6-7,12H,4-5,8-11H2,(H,17,19)(H,21,22). The molecule has 0 aliphatic carbocycles. The first kappa shape index (κ1) is 16.8. The van der Waals surface area contributed by atoms with E-state index in [1.165, 1.54) is 4.90 Å². The lowest BCUT2D eigenvalue weighted by Gasteiger charge is -2.30. The molecule has 0 bridgehead atoms. The van der Waals surface area contributed by atoms with Crippen LogP contribution >= 0.6 is 0 Å². The molecule has 7 nitrogen and oxygen atoms in total. The van der Waals surface area contributed by atoms with Crippen LogP contribution in [0.15, 0.2) is 30.3 Å². The lowest BCUT2D eigenvalue weighted by Crippen LogP contribution is -2.47. The van der Waals surface area contributed by atoms with Crippen molar-refractivity contribution in [2.24, 2.45) is 5.92 Å². The van der Waals surface area contributed by atoms with Gasteiger partial charge in [0.15, 0.2) is 6.61 Å². The molecule has 2 rings (SSSR count). The van der Waals surface area contributed by atoms with E-state index in [0.29, 0.717) is 25.1 Å². The van der Waals surface area contributed by atoms with Gasteiger partial charge in [-0.3, -0.25) is 14.4 Å². The lowest BCUT2D eigenvalue weighted by molar-refractivity contribution is -0.146. The van der Waals surface area contributed by atoms with E-state index in [2.05, 4.69) is 5.32 Å². The van der Waals surface area contributed by atoms with Crippen molar-refractivity contribution in [3.8, 4) is 5.75 Å². The number of nitrogens with zero attached hydrogens (tertiary/aromatic N) is 1. The Morgan fingerprint density at radius 3 is 2.70 bits per heavy atom. The Kier molecular flexibility index (Phi) is 5.96. The number of aliphatic carboxylic acids is 1. The molecule has 0 spiro atoms. The number of piperidine rings is 1. The van der Waals surface area contributed by atoms with Crippen molar-refractivity contribution in [2.45, 2.75) is 12.8 Å². The van der Waals surface area contributed by atoms with Gasteiger partial charge >= 0.3 is 5.97 Å². The van der Waals surface area contributed by atoms with Gasteiger partial charge in [0.1, 0.15) is 5.75 Å². The quantitative estimate of drug-likeness (QED) is 0.796. The average Bonchev–Trinajstić information content (AvgIpc) is 2.58. The maximum atomic E-state index is 12.0. The maximum Gasteiger partial charge on any atom is 0.308 e. The molecule has 1 atom stereocenters. The zero-order valence-corrected chi connectivity index (χ0v) is 12.7. The molecular weight excluding hydrogens is 300 g/mol. The zero-order valence-electron chi connectivity index (χ0n) is 12.7. The first-order valence-electron chi connectivity index (χ1n) is 7.51. The van der Waals surface area contributed by atoms with E-state index in [-0.39, 0.29) is 25.6 Å². The molecule has 1 aromatic carbocycles. The highest BCUT2D eigenvalue weighted by atomic mass is 16.5. The van der Waals surface area contributed by atoms with E-state index < -0.39 is 17.8 Å². The molecule has 1 aliphatic rings. The van der Waals surface area contributed by atoms with Crippen LogP contribution in [-0.4, -0.2) is 54.0 Å². The fraction of sp³-hybridized carbons (Fsp3) is 0.438. The van der Waals surface area contributed by atoms with E-state index in [9.17, 15) is 14.4 Å². The Balaban J connectivity index is 1.71. The molecule has 0 saturated carbocycles. The van der Waals surface area contributed by atoms with Crippen LogP contribution in [0, 0.1) is 5.92 Å². The molecule has 1 aliphatic heterocycles. The van der Waals surface area contributed by atoms with Gasteiger partial charge in [0, 0.05) is 13.1 Å². The molecular formula is C16H20N2O5. The van der Waals surface area contributed by atoms with Gasteiger partial charge in [-0.1, -0.05) is 18.2 Å². The van der Waals surface area contributed by atoms with Crippen LogP contribution in [0.25, 0.3) is 0 Å². The number of nitrogens with one attached hydrogen (secondary N) is 1. The first-order chi connectivity index (χ1) is 11.1. The van der Waals surface area contributed by atoms with Gasteiger partial charge in [-0.15, -0.1) is 0 Å². The number of carboxylic acids is 1. The third-order valence-corrected chi connectivity index (χ3v) is 3.67. The van der Waals surface area contributed by atoms with Gasteiger partial charge in [0.05, 0.1) is 12.5 Å². The second-order valence-electron chi connectivity index (χ2n) is 5.40. The molecule has 2 N–H and O–H groups in total. The molecule has 23 heavy (non-hydrogen) atoms. The molecule has 1 fully saturated rings. The maximum absolute atomic E-state index is 12.0. The summed E-state index contributed by atoms with van der Waals surface area (Å²) in [6, 6.07) is 8.91. The van der Waals surface area contributed by atoms with Gasteiger partial charge in [-0.2, -0.15) is 0 Å². The summed E-state index contributed by atoms with van der Waals surface area (Å²) in [6.45, 7) is 0.405. The second-order valence-corrected chi connectivity index (χ2v) is 5.40. The van der Waals surface area contributed by atoms with Crippen LogP contribution in [0.2, 0.25) is 0 Å². The summed E-state index contributed by atoms with van der Waals surface area (Å²) in [6.07, 6.45) is 1.24. The summed E-state index contributed by atoms with van der Waals surface area (Å²) in [7, 11) is 0. The molecule has 0 aromatic heterocycles. The predicted octanol–water partition coefficient (Wildman–Crippen LogP) is 0.505. The minimum absolute atomic E-state index is 0.149.